The molecule has 8 heterocycles. The molecule has 87 heavy (non-hydrogen) atoms. The van der Waals surface area contributed by atoms with Crippen molar-refractivity contribution in [2.45, 2.75) is 13.1 Å². The van der Waals surface area contributed by atoms with E-state index in [0.717, 1.165) is 49.4 Å². The smallest absolute Gasteiger partial charge is 0.307 e. The molecule has 8 N–H and O–H groups in total. The van der Waals surface area contributed by atoms with E-state index in [1.54, 1.807) is 73.3 Å². The number of para-hydroxylation sites is 2. The Kier molecular flexibility index (Phi) is 19.8. The number of alkyl halides is 3. The molecule has 0 saturated heterocycles. The lowest BCUT2D eigenvalue weighted by molar-refractivity contribution is -0.137. The number of nitrogens with zero attached hydrogens (tertiary/aromatic N) is 11. The van der Waals surface area contributed by atoms with Crippen LogP contribution >= 0.6 is 27.5 Å². The van der Waals surface area contributed by atoms with Crippen molar-refractivity contribution in [3.63, 3.8) is 0 Å². The molecule has 0 atom stereocenters. The second kappa shape index (κ2) is 28.7. The van der Waals surface area contributed by atoms with Crippen LogP contribution in [0.3, 0.4) is 0 Å². The summed E-state index contributed by atoms with van der Waals surface area (Å²) in [5.41, 5.74) is 5.04. The van der Waals surface area contributed by atoms with E-state index in [1.807, 2.05) is 49.4 Å². The summed E-state index contributed by atoms with van der Waals surface area (Å²) in [4.78, 5) is 92.2. The number of nitrogens with one attached hydrogen (secondary N) is 8. The molecule has 0 aliphatic rings. The highest BCUT2D eigenvalue weighted by Crippen LogP contribution is 2.33. The molecule has 0 fully saturated rings. The molecule has 0 radical (unpaired) electrons. The minimum absolute atomic E-state index is 0.139. The van der Waals surface area contributed by atoms with Gasteiger partial charge in [0.1, 0.15) is 5.82 Å². The van der Waals surface area contributed by atoms with Crippen LogP contribution in [-0.2, 0) is 6.18 Å². The molecule has 0 spiro atoms. The van der Waals surface area contributed by atoms with E-state index in [9.17, 15) is 32.3 Å². The number of benzene rings is 4. The normalized spacial score (nSPS) is 10.6. The zero-order valence-electron chi connectivity index (χ0n) is 45.0. The lowest BCUT2D eigenvalue weighted by Gasteiger charge is -2.11. The number of rotatable bonds is 8. The van der Waals surface area contributed by atoms with Crippen molar-refractivity contribution < 1.29 is 32.3 Å². The molecule has 8 amide bonds. The van der Waals surface area contributed by atoms with Crippen molar-refractivity contribution in [3.05, 3.63) is 223 Å². The molecule has 0 bridgehead atoms. The Labute approximate surface area is 504 Å². The van der Waals surface area contributed by atoms with Crippen molar-refractivity contribution in [1.29, 1.82) is 0 Å². The Morgan fingerprint density at radius 1 is 0.402 bits per heavy atom. The van der Waals surface area contributed by atoms with Gasteiger partial charge in [0.25, 0.3) is 0 Å². The summed E-state index contributed by atoms with van der Waals surface area (Å²) in [5.74, 6) is 1.50. The maximum Gasteiger partial charge on any atom is 0.416 e. The zero-order valence-corrected chi connectivity index (χ0v) is 47.3. The van der Waals surface area contributed by atoms with Crippen LogP contribution in [0.25, 0.3) is 43.6 Å². The number of hydrogen-bond donors (Lipinski definition) is 8. The summed E-state index contributed by atoms with van der Waals surface area (Å²) in [6.07, 6.45) is 16.9. The third-order valence-corrected chi connectivity index (χ3v) is 12.6. The number of hydrogen-bond acceptors (Lipinski definition) is 15. The van der Waals surface area contributed by atoms with Crippen molar-refractivity contribution in [3.8, 4) is 0 Å². The molecule has 23 nitrogen and oxygen atoms in total. The van der Waals surface area contributed by atoms with Crippen LogP contribution in [0.1, 0.15) is 11.1 Å². The molecule has 0 saturated carbocycles. The van der Waals surface area contributed by atoms with Crippen LogP contribution < -0.4 is 42.5 Å². The van der Waals surface area contributed by atoms with Gasteiger partial charge < -0.3 is 21.3 Å². The van der Waals surface area contributed by atoms with Gasteiger partial charge in [-0.05, 0) is 85.3 Å². The fourth-order valence-corrected chi connectivity index (χ4v) is 8.52. The Hall–Kier alpha value is -11.5. The highest BCUT2D eigenvalue weighted by Gasteiger charge is 2.31. The number of carbonyl (C=O) groups is 4. The molecule has 28 heteroatoms. The van der Waals surface area contributed by atoms with E-state index in [2.05, 4.69) is 113 Å². The summed E-state index contributed by atoms with van der Waals surface area (Å²) in [7, 11) is 0. The van der Waals surface area contributed by atoms with E-state index < -0.39 is 23.8 Å². The first-order chi connectivity index (χ1) is 42.1. The monoisotopic (exact) mass is 1250 g/mol. The van der Waals surface area contributed by atoms with Gasteiger partial charge in [0.05, 0.1) is 74.0 Å². The predicted molar refractivity (Wildman–Crippen MR) is 330 cm³/mol. The van der Waals surface area contributed by atoms with Gasteiger partial charge in [-0.25, -0.2) is 39.1 Å². The fraction of sp³-hybridized carbons (Fsp3) is 0.0339. The molecule has 434 valence electrons. The van der Waals surface area contributed by atoms with Gasteiger partial charge in [0.15, 0.2) is 17.5 Å². The summed E-state index contributed by atoms with van der Waals surface area (Å²) in [6, 6.07) is 30.1. The third-order valence-electron chi connectivity index (χ3n) is 11.8. The summed E-state index contributed by atoms with van der Waals surface area (Å²) in [6.45, 7) is 1.98. The molecule has 4 aromatic carbocycles. The average molecular weight is 1260 g/mol. The van der Waals surface area contributed by atoms with E-state index in [-0.39, 0.29) is 17.6 Å². The van der Waals surface area contributed by atoms with Crippen LogP contribution in [0, 0.1) is 6.92 Å². The second-order valence-corrected chi connectivity index (χ2v) is 19.1. The molecule has 0 aliphatic carbocycles. The predicted octanol–water partition coefficient (Wildman–Crippen LogP) is 14.0. The molecule has 0 unspecified atom stereocenters. The summed E-state index contributed by atoms with van der Waals surface area (Å²) < 4.78 is 39.2. The number of pyridine rings is 5. The first-order valence-electron chi connectivity index (χ1n) is 25.5. The first-order valence-corrected chi connectivity index (χ1v) is 26.7. The van der Waals surface area contributed by atoms with Crippen LogP contribution in [0.15, 0.2) is 206 Å². The lowest BCUT2D eigenvalue weighted by Crippen LogP contribution is -2.20. The van der Waals surface area contributed by atoms with E-state index in [1.165, 1.54) is 74.1 Å². The zero-order chi connectivity index (χ0) is 61.1. The number of carbonyl (C=O) groups excluding carboxylic acids is 4. The van der Waals surface area contributed by atoms with Crippen LogP contribution in [0.2, 0.25) is 5.02 Å². The van der Waals surface area contributed by atoms with Gasteiger partial charge in [0, 0.05) is 94.2 Å². The molecule has 12 rings (SSSR count). The maximum atomic E-state index is 12.8. The van der Waals surface area contributed by atoms with Crippen LogP contribution in [-0.4, -0.2) is 78.9 Å². The van der Waals surface area contributed by atoms with Crippen molar-refractivity contribution in [2.75, 3.05) is 42.5 Å². The van der Waals surface area contributed by atoms with Gasteiger partial charge in [-0.15, -0.1) is 0 Å². The third kappa shape index (κ3) is 16.9. The fourth-order valence-electron chi connectivity index (χ4n) is 7.95. The maximum absolute atomic E-state index is 12.8. The molecular weight excluding hydrogens is 1210 g/mol. The van der Waals surface area contributed by atoms with Crippen LogP contribution in [0.5, 0.6) is 0 Å². The van der Waals surface area contributed by atoms with Crippen LogP contribution in [0.4, 0.5) is 78.4 Å². The Morgan fingerprint density at radius 3 is 1.32 bits per heavy atom. The topological polar surface area (TPSA) is 306 Å². The number of anilines is 8. The van der Waals surface area contributed by atoms with Gasteiger partial charge in [-0.1, -0.05) is 70.0 Å². The Bertz CT molecular complexity index is 4250. The molecular formula is C59H44BrClF3N19O4. The van der Waals surface area contributed by atoms with Gasteiger partial charge in [0.2, 0.25) is 0 Å². The minimum Gasteiger partial charge on any atom is -0.307 e. The Balaban J connectivity index is 0.000000139. The summed E-state index contributed by atoms with van der Waals surface area (Å²) in [5, 5.41) is 24.7. The van der Waals surface area contributed by atoms with Crippen molar-refractivity contribution in [2.24, 2.45) is 0 Å². The number of aryl methyl sites for hydroxylation is 1. The second-order valence-electron chi connectivity index (χ2n) is 17.7. The first kappa shape index (κ1) is 60.2. The molecule has 8 aromatic heterocycles. The Morgan fingerprint density at radius 2 is 0.839 bits per heavy atom. The minimum atomic E-state index is -4.45. The molecule has 0 aliphatic heterocycles. The van der Waals surface area contributed by atoms with Crippen molar-refractivity contribution >= 4 is 141 Å². The van der Waals surface area contributed by atoms with E-state index >= 15 is 0 Å². The van der Waals surface area contributed by atoms with E-state index in [0.29, 0.717) is 61.9 Å². The number of fused-ring (bicyclic) bond motifs is 4. The molecule has 12 aromatic rings. The SMILES string of the molecule is Cc1cccc2c(NC(=O)Nc3cnccn3)ccnc12.O=C(Nc1ccccn1)Nc1ccnc2cc(C(F)(F)F)ccc12.O=C(Nc1cnccn1)Nc1ccnc2c(Cl)cccc12.O=C(Nc1cnccn1)Nc1ccnc2cc(Br)ccc12. The standard InChI is InChI=1S/C16H11F3N4O.C15H13N5O.C14H10BrN5O.C14H10ClN5O/c17-16(18,19)10-4-5-11-12(6-8-20-13(11)9-10)22-15(24)23-14-3-1-2-7-21-14;1-10-3-2-4-11-12(5-6-18-14(10)11)19-15(21)20-13-9-16-7-8-17-13;15-9-1-2-10-11(3-4-17-12(10)7-9)19-14(21)20-13-8-16-5-6-18-13;15-10-3-1-2-9-11(4-5-18-13(9)10)19-14(21)20-12-8-16-6-7-17-12/h1-9H,(H2,20,21,22,23,24);2-9H,1H3,(H2,17,18,19,20,21);2*1-8H,(H2,17,18,19,20,21). The highest BCUT2D eigenvalue weighted by molar-refractivity contribution is 9.10. The number of urea groups is 4. The number of halogens is 5. The largest absolute Gasteiger partial charge is 0.416 e. The lowest BCUT2D eigenvalue weighted by atomic mass is 10.1. The van der Waals surface area contributed by atoms with E-state index in [4.69, 9.17) is 11.6 Å². The van der Waals surface area contributed by atoms with Gasteiger partial charge in [-0.3, -0.25) is 56.2 Å². The quantitative estimate of drug-likeness (QED) is 0.0701. The summed E-state index contributed by atoms with van der Waals surface area (Å²) >= 11 is 9.48. The average Bonchev–Trinajstić information content (AvgIpc) is 3.70. The van der Waals surface area contributed by atoms with Gasteiger partial charge >= 0.3 is 30.3 Å². The van der Waals surface area contributed by atoms with Gasteiger partial charge in [-0.2, -0.15) is 13.2 Å². The number of aromatic nitrogens is 11. The highest BCUT2D eigenvalue weighted by atomic mass is 79.9. The van der Waals surface area contributed by atoms with Crippen molar-refractivity contribution in [1.82, 2.24) is 54.8 Å². The number of amides is 8.